The van der Waals surface area contributed by atoms with Crippen molar-refractivity contribution in [3.05, 3.63) is 58.1 Å². The molecule has 0 saturated carbocycles. The minimum atomic E-state index is -0.982. The molecule has 0 spiro atoms. The van der Waals surface area contributed by atoms with Crippen LogP contribution in [0.2, 0.25) is 10.0 Å². The number of fused-ring (bicyclic) bond motifs is 4. The molecular formula is C18H15Cl2N3O2S. The molecule has 1 fully saturated rings. The smallest absolute Gasteiger partial charge is 0.236 e. The zero-order chi connectivity index (χ0) is 18.5. The van der Waals surface area contributed by atoms with Gasteiger partial charge in [0.05, 0.1) is 6.04 Å². The Kier molecular flexibility index (Phi) is 4.22. The van der Waals surface area contributed by atoms with Crippen molar-refractivity contribution in [3.63, 3.8) is 0 Å². The van der Waals surface area contributed by atoms with Gasteiger partial charge in [-0.2, -0.15) is 0 Å². The first kappa shape index (κ1) is 17.4. The molecule has 3 atom stereocenters. The van der Waals surface area contributed by atoms with Gasteiger partial charge >= 0.3 is 0 Å². The molecule has 26 heavy (non-hydrogen) atoms. The largest absolute Gasteiger partial charge is 0.467 e. The highest BCUT2D eigenvalue weighted by Gasteiger charge is 2.54. The number of hydrogen-bond donors (Lipinski definition) is 3. The second-order valence-corrected chi connectivity index (χ2v) is 7.72. The van der Waals surface area contributed by atoms with Crippen molar-refractivity contribution >= 4 is 52.1 Å². The molecule has 1 saturated heterocycles. The summed E-state index contributed by atoms with van der Waals surface area (Å²) in [5, 5.41) is 10.8. The summed E-state index contributed by atoms with van der Waals surface area (Å²) in [6.45, 7) is 1.82. The molecule has 4 rings (SSSR count). The predicted octanol–water partition coefficient (Wildman–Crippen LogP) is 3.88. The monoisotopic (exact) mass is 407 g/mol. The maximum Gasteiger partial charge on any atom is 0.236 e. The second kappa shape index (κ2) is 6.30. The SMILES string of the molecule is C[C@]12NC(=S)N[C@H](c3cc(Cl)ccc3O1)[C@@H]2C(=O)Nc1ccc(Cl)cc1. The van der Waals surface area contributed by atoms with E-state index in [0.717, 1.165) is 5.56 Å². The molecule has 0 radical (unpaired) electrons. The van der Waals surface area contributed by atoms with E-state index < -0.39 is 11.6 Å². The van der Waals surface area contributed by atoms with E-state index in [0.29, 0.717) is 26.6 Å². The summed E-state index contributed by atoms with van der Waals surface area (Å²) in [7, 11) is 0. The molecule has 2 bridgehead atoms. The van der Waals surface area contributed by atoms with E-state index in [1.54, 1.807) is 42.5 Å². The highest BCUT2D eigenvalue weighted by Crippen LogP contribution is 2.45. The normalized spacial score (nSPS) is 26.0. The molecule has 1 amide bonds. The second-order valence-electron chi connectivity index (χ2n) is 6.44. The lowest BCUT2D eigenvalue weighted by Gasteiger charge is -2.50. The van der Waals surface area contributed by atoms with Crippen LogP contribution >= 0.6 is 35.4 Å². The third kappa shape index (κ3) is 2.98. The van der Waals surface area contributed by atoms with Gasteiger partial charge in [-0.05, 0) is 61.6 Å². The van der Waals surface area contributed by atoms with E-state index in [9.17, 15) is 4.79 Å². The summed E-state index contributed by atoms with van der Waals surface area (Å²) in [6, 6.07) is 11.9. The number of anilines is 1. The number of rotatable bonds is 2. The molecule has 0 aliphatic carbocycles. The average molecular weight is 408 g/mol. The van der Waals surface area contributed by atoms with Gasteiger partial charge in [-0.1, -0.05) is 23.2 Å². The van der Waals surface area contributed by atoms with E-state index in [4.69, 9.17) is 40.2 Å². The van der Waals surface area contributed by atoms with Crippen molar-refractivity contribution in [1.82, 2.24) is 10.6 Å². The first-order valence-electron chi connectivity index (χ1n) is 7.99. The number of hydrogen-bond acceptors (Lipinski definition) is 3. The van der Waals surface area contributed by atoms with E-state index in [1.807, 2.05) is 6.92 Å². The summed E-state index contributed by atoms with van der Waals surface area (Å²) in [4.78, 5) is 13.1. The van der Waals surface area contributed by atoms with Crippen LogP contribution in [0, 0.1) is 5.92 Å². The fourth-order valence-corrected chi connectivity index (χ4v) is 4.10. The Morgan fingerprint density at radius 1 is 1.19 bits per heavy atom. The van der Waals surface area contributed by atoms with E-state index >= 15 is 0 Å². The summed E-state index contributed by atoms with van der Waals surface area (Å²) >= 11 is 17.4. The van der Waals surface area contributed by atoms with Crippen LogP contribution in [-0.4, -0.2) is 16.7 Å². The Balaban J connectivity index is 1.71. The van der Waals surface area contributed by atoms with E-state index in [1.165, 1.54) is 0 Å². The lowest BCUT2D eigenvalue weighted by atomic mass is 9.80. The molecular weight excluding hydrogens is 393 g/mol. The topological polar surface area (TPSA) is 62.4 Å². The number of carbonyl (C=O) groups is 1. The first-order valence-corrected chi connectivity index (χ1v) is 9.16. The standard InChI is InChI=1S/C18H15Cl2N3O2S/c1-18-14(16(24)21-11-5-2-9(19)3-6-11)15(22-17(26)23-18)12-8-10(20)4-7-13(12)25-18/h2-8,14-15H,1H3,(H,21,24)(H2,22,23,26)/t14-,15-,18+/m1/s1. The van der Waals surface area contributed by atoms with Crippen molar-refractivity contribution in [1.29, 1.82) is 0 Å². The van der Waals surface area contributed by atoms with Crippen LogP contribution in [0.4, 0.5) is 5.69 Å². The van der Waals surface area contributed by atoms with Crippen molar-refractivity contribution in [2.24, 2.45) is 5.92 Å². The van der Waals surface area contributed by atoms with Gasteiger partial charge in [0.1, 0.15) is 11.7 Å². The minimum absolute atomic E-state index is 0.201. The van der Waals surface area contributed by atoms with Crippen LogP contribution in [0.3, 0.4) is 0 Å². The highest BCUT2D eigenvalue weighted by molar-refractivity contribution is 7.80. The molecule has 8 heteroatoms. The molecule has 2 aromatic carbocycles. The van der Waals surface area contributed by atoms with Crippen LogP contribution in [0.5, 0.6) is 5.75 Å². The molecule has 3 N–H and O–H groups in total. The van der Waals surface area contributed by atoms with Gasteiger partial charge in [-0.15, -0.1) is 0 Å². The third-order valence-electron chi connectivity index (χ3n) is 4.60. The fraction of sp³-hybridized carbons (Fsp3) is 0.222. The number of carbonyl (C=O) groups excluding carboxylic acids is 1. The molecule has 5 nitrogen and oxygen atoms in total. The summed E-state index contributed by atoms with van der Waals surface area (Å²) in [5.74, 6) is -0.108. The minimum Gasteiger partial charge on any atom is -0.467 e. The van der Waals surface area contributed by atoms with Crippen molar-refractivity contribution in [2.45, 2.75) is 18.7 Å². The first-order chi connectivity index (χ1) is 12.4. The van der Waals surface area contributed by atoms with Gasteiger partial charge in [0, 0.05) is 21.3 Å². The molecule has 0 unspecified atom stereocenters. The molecule has 0 aromatic heterocycles. The maximum atomic E-state index is 13.1. The zero-order valence-corrected chi connectivity index (χ0v) is 16.0. The highest BCUT2D eigenvalue weighted by atomic mass is 35.5. The van der Waals surface area contributed by atoms with E-state index in [-0.39, 0.29) is 11.9 Å². The fourth-order valence-electron chi connectivity index (χ4n) is 3.47. The van der Waals surface area contributed by atoms with Crippen molar-refractivity contribution in [3.8, 4) is 5.75 Å². The summed E-state index contributed by atoms with van der Waals surface area (Å²) in [5.41, 5.74) is 0.472. The Morgan fingerprint density at radius 3 is 2.62 bits per heavy atom. The average Bonchev–Trinajstić information content (AvgIpc) is 2.56. The molecule has 2 aliphatic heterocycles. The quantitative estimate of drug-likeness (QED) is 0.659. The van der Waals surface area contributed by atoms with Crippen LogP contribution in [0.25, 0.3) is 0 Å². The molecule has 2 aromatic rings. The molecule has 2 heterocycles. The summed E-state index contributed by atoms with van der Waals surface area (Å²) in [6.07, 6.45) is 0. The number of benzene rings is 2. The van der Waals surface area contributed by atoms with E-state index in [2.05, 4.69) is 16.0 Å². The third-order valence-corrected chi connectivity index (χ3v) is 5.31. The number of thiocarbonyl (C=S) groups is 1. The maximum absolute atomic E-state index is 13.1. The molecule has 134 valence electrons. The zero-order valence-electron chi connectivity index (χ0n) is 13.7. The van der Waals surface area contributed by atoms with Crippen LogP contribution in [0.15, 0.2) is 42.5 Å². The Labute approximate surface area is 166 Å². The Bertz CT molecular complexity index is 906. The number of halogens is 2. The lowest BCUT2D eigenvalue weighted by molar-refractivity contribution is -0.132. The van der Waals surface area contributed by atoms with Gasteiger partial charge in [0.25, 0.3) is 0 Å². The van der Waals surface area contributed by atoms with Gasteiger partial charge in [0.2, 0.25) is 5.91 Å². The van der Waals surface area contributed by atoms with Crippen molar-refractivity contribution in [2.75, 3.05) is 5.32 Å². The van der Waals surface area contributed by atoms with Crippen LogP contribution in [0.1, 0.15) is 18.5 Å². The summed E-state index contributed by atoms with van der Waals surface area (Å²) < 4.78 is 6.13. The van der Waals surface area contributed by atoms with Gasteiger partial charge in [-0.25, -0.2) is 0 Å². The predicted molar refractivity (Wildman–Crippen MR) is 106 cm³/mol. The lowest BCUT2D eigenvalue weighted by Crippen LogP contribution is -2.70. The number of ether oxygens (including phenoxy) is 1. The van der Waals surface area contributed by atoms with Gasteiger partial charge in [0.15, 0.2) is 10.8 Å². The Hall–Kier alpha value is -2.02. The number of amides is 1. The number of nitrogens with one attached hydrogen (secondary N) is 3. The van der Waals surface area contributed by atoms with Crippen molar-refractivity contribution < 1.29 is 9.53 Å². The van der Waals surface area contributed by atoms with Crippen LogP contribution < -0.4 is 20.7 Å². The van der Waals surface area contributed by atoms with Crippen LogP contribution in [-0.2, 0) is 4.79 Å². The van der Waals surface area contributed by atoms with Gasteiger partial charge in [-0.3, -0.25) is 4.79 Å². The van der Waals surface area contributed by atoms with Gasteiger partial charge < -0.3 is 20.7 Å². The Morgan fingerprint density at radius 2 is 1.88 bits per heavy atom. The molecule has 2 aliphatic rings.